The van der Waals surface area contributed by atoms with Crippen LogP contribution < -0.4 is 5.32 Å². The molecule has 3 heterocycles. The first kappa shape index (κ1) is 18.0. The van der Waals surface area contributed by atoms with E-state index in [1.165, 1.54) is 6.20 Å². The van der Waals surface area contributed by atoms with E-state index < -0.39 is 11.6 Å². The zero-order valence-corrected chi connectivity index (χ0v) is 15.6. The number of halogens is 2. The molecule has 1 N–H and O–H groups in total. The molecule has 1 fully saturated rings. The molecule has 29 heavy (non-hydrogen) atoms. The minimum Gasteiger partial charge on any atom is -0.364 e. The van der Waals surface area contributed by atoms with Crippen molar-refractivity contribution in [3.8, 4) is 0 Å². The second-order valence-corrected chi connectivity index (χ2v) is 7.54. The van der Waals surface area contributed by atoms with Gasteiger partial charge in [-0.2, -0.15) is 0 Å². The molecule has 1 aromatic carbocycles. The molecule has 7 nitrogen and oxygen atoms in total. The second kappa shape index (κ2) is 7.06. The van der Waals surface area contributed by atoms with Gasteiger partial charge < -0.3 is 14.7 Å². The Morgan fingerprint density at radius 2 is 1.97 bits per heavy atom. The Bertz CT molecular complexity index is 1100. The minimum absolute atomic E-state index is 0.0188. The van der Waals surface area contributed by atoms with E-state index in [4.69, 9.17) is 4.52 Å². The summed E-state index contributed by atoms with van der Waals surface area (Å²) >= 11 is 0. The molecule has 0 unspecified atom stereocenters. The number of aryl methyl sites for hydroxylation is 1. The maximum absolute atomic E-state index is 13.5. The molecular weight excluding hydrogens is 380 g/mol. The summed E-state index contributed by atoms with van der Waals surface area (Å²) in [6, 6.07) is 2.03. The van der Waals surface area contributed by atoms with Crippen LogP contribution in [0, 0.1) is 11.6 Å². The lowest BCUT2D eigenvalue weighted by Crippen LogP contribution is -2.32. The minimum atomic E-state index is -0.961. The first-order valence-corrected chi connectivity index (χ1v) is 9.73. The first-order valence-electron chi connectivity index (χ1n) is 9.73. The maximum atomic E-state index is 13.5. The number of hydrogen-bond acceptors (Lipinski definition) is 6. The number of aromatic nitrogens is 3. The summed E-state index contributed by atoms with van der Waals surface area (Å²) in [6.45, 7) is 1.08. The molecule has 2 aromatic heterocycles. The van der Waals surface area contributed by atoms with Crippen molar-refractivity contribution in [1.82, 2.24) is 20.0 Å². The van der Waals surface area contributed by atoms with Gasteiger partial charge in [-0.15, -0.1) is 0 Å². The van der Waals surface area contributed by atoms with Crippen LogP contribution in [0.25, 0.3) is 11.0 Å². The molecule has 5 rings (SSSR count). The Hall–Kier alpha value is -3.10. The highest BCUT2D eigenvalue weighted by Gasteiger charge is 2.32. The molecule has 1 amide bonds. The third kappa shape index (κ3) is 3.30. The number of carbonyl (C=O) groups excluding carboxylic acids is 1. The quantitative estimate of drug-likeness (QED) is 0.729. The van der Waals surface area contributed by atoms with Crippen LogP contribution >= 0.6 is 0 Å². The van der Waals surface area contributed by atoms with Crippen LogP contribution in [0.3, 0.4) is 0 Å². The number of nitrogens with zero attached hydrogens (tertiary/aromatic N) is 4. The number of rotatable bonds is 3. The monoisotopic (exact) mass is 399 g/mol. The van der Waals surface area contributed by atoms with Gasteiger partial charge in [0.05, 0.1) is 22.9 Å². The third-order valence-electron chi connectivity index (χ3n) is 5.57. The lowest BCUT2D eigenvalue weighted by molar-refractivity contribution is 0.0748. The number of benzene rings is 1. The average Bonchev–Trinajstić information content (AvgIpc) is 3.36. The molecule has 1 aliphatic carbocycles. The highest BCUT2D eigenvalue weighted by molar-refractivity contribution is 5.93. The van der Waals surface area contributed by atoms with Gasteiger partial charge in [0.2, 0.25) is 5.76 Å². The molecule has 3 aromatic rings. The zero-order valence-electron chi connectivity index (χ0n) is 15.6. The van der Waals surface area contributed by atoms with Gasteiger partial charge in [0.1, 0.15) is 5.82 Å². The molecule has 9 heteroatoms. The Morgan fingerprint density at radius 1 is 1.17 bits per heavy atom. The largest absolute Gasteiger partial charge is 0.364 e. The molecular formula is C20H19F2N5O2. The van der Waals surface area contributed by atoms with Gasteiger partial charge in [0, 0.05) is 36.8 Å². The van der Waals surface area contributed by atoms with Crippen molar-refractivity contribution in [1.29, 1.82) is 0 Å². The summed E-state index contributed by atoms with van der Waals surface area (Å²) < 4.78 is 32.1. The van der Waals surface area contributed by atoms with Crippen molar-refractivity contribution < 1.29 is 18.1 Å². The maximum Gasteiger partial charge on any atom is 0.292 e. The zero-order chi connectivity index (χ0) is 20.0. The van der Waals surface area contributed by atoms with Crippen LogP contribution in [0.2, 0.25) is 0 Å². The van der Waals surface area contributed by atoms with Crippen LogP contribution in [-0.4, -0.2) is 45.1 Å². The van der Waals surface area contributed by atoms with Crippen molar-refractivity contribution in [2.75, 3.05) is 18.4 Å². The predicted molar refractivity (Wildman–Crippen MR) is 101 cm³/mol. The van der Waals surface area contributed by atoms with Gasteiger partial charge in [0.25, 0.3) is 5.91 Å². The Morgan fingerprint density at radius 3 is 2.83 bits per heavy atom. The van der Waals surface area contributed by atoms with Gasteiger partial charge in [-0.3, -0.25) is 9.78 Å². The molecule has 1 atom stereocenters. The fraction of sp³-hybridized carbons (Fsp3) is 0.400. The molecule has 2 aliphatic rings. The van der Waals surface area contributed by atoms with Crippen molar-refractivity contribution in [3.63, 3.8) is 0 Å². The lowest BCUT2D eigenvalue weighted by atomic mass is 9.96. The number of carbonyl (C=O) groups is 1. The van der Waals surface area contributed by atoms with Crippen LogP contribution in [0.1, 0.15) is 41.1 Å². The van der Waals surface area contributed by atoms with Crippen LogP contribution in [0.4, 0.5) is 14.6 Å². The Balaban J connectivity index is 1.28. The van der Waals surface area contributed by atoms with Crippen LogP contribution in [0.5, 0.6) is 0 Å². The van der Waals surface area contributed by atoms with Crippen LogP contribution in [0.15, 0.2) is 22.9 Å². The van der Waals surface area contributed by atoms with E-state index in [0.29, 0.717) is 24.7 Å². The van der Waals surface area contributed by atoms with Gasteiger partial charge in [-0.25, -0.2) is 13.8 Å². The van der Waals surface area contributed by atoms with E-state index in [1.807, 2.05) is 0 Å². The molecule has 0 bridgehead atoms. The molecule has 150 valence electrons. The smallest absolute Gasteiger partial charge is 0.292 e. The van der Waals surface area contributed by atoms with Crippen molar-refractivity contribution in [2.24, 2.45) is 0 Å². The van der Waals surface area contributed by atoms with Gasteiger partial charge in [0.15, 0.2) is 11.6 Å². The van der Waals surface area contributed by atoms with E-state index in [-0.39, 0.29) is 23.0 Å². The van der Waals surface area contributed by atoms with E-state index in [0.717, 1.165) is 55.5 Å². The van der Waals surface area contributed by atoms with Gasteiger partial charge in [-0.1, -0.05) is 5.16 Å². The van der Waals surface area contributed by atoms with Gasteiger partial charge in [-0.05, 0) is 32.1 Å². The number of anilines is 1. The average molecular weight is 399 g/mol. The van der Waals surface area contributed by atoms with E-state index in [1.54, 1.807) is 4.90 Å². The van der Waals surface area contributed by atoms with Crippen molar-refractivity contribution in [3.05, 3.63) is 47.0 Å². The summed E-state index contributed by atoms with van der Waals surface area (Å²) in [5.41, 5.74) is 2.41. The predicted octanol–water partition coefficient (Wildman–Crippen LogP) is 3.10. The SMILES string of the molecule is O=C(c1onc2c1CCCC2)N1CC[C@@H](Nc2cnc3cc(F)c(F)cc3n2)C1. The topological polar surface area (TPSA) is 84.2 Å². The van der Waals surface area contributed by atoms with Crippen molar-refractivity contribution in [2.45, 2.75) is 38.1 Å². The fourth-order valence-electron chi connectivity index (χ4n) is 4.05. The number of nitrogens with one attached hydrogen (secondary N) is 1. The summed E-state index contributed by atoms with van der Waals surface area (Å²) in [4.78, 5) is 23.1. The Labute approximate surface area is 165 Å². The summed E-state index contributed by atoms with van der Waals surface area (Å²) in [7, 11) is 0. The lowest BCUT2D eigenvalue weighted by Gasteiger charge is -2.17. The number of amides is 1. The second-order valence-electron chi connectivity index (χ2n) is 7.54. The van der Waals surface area contributed by atoms with Gasteiger partial charge >= 0.3 is 0 Å². The molecule has 0 saturated carbocycles. The normalized spacial score (nSPS) is 18.8. The van der Waals surface area contributed by atoms with E-state index in [9.17, 15) is 13.6 Å². The molecule has 1 aliphatic heterocycles. The molecule has 1 saturated heterocycles. The molecule has 0 spiro atoms. The summed E-state index contributed by atoms with van der Waals surface area (Å²) in [6.07, 6.45) is 6.03. The highest BCUT2D eigenvalue weighted by atomic mass is 19.2. The number of hydrogen-bond donors (Lipinski definition) is 1. The fourth-order valence-corrected chi connectivity index (χ4v) is 4.05. The first-order chi connectivity index (χ1) is 14.1. The number of fused-ring (bicyclic) bond motifs is 2. The number of likely N-dealkylation sites (tertiary alicyclic amines) is 1. The third-order valence-corrected chi connectivity index (χ3v) is 5.57. The molecule has 0 radical (unpaired) electrons. The summed E-state index contributed by atoms with van der Waals surface area (Å²) in [5, 5.41) is 7.29. The van der Waals surface area contributed by atoms with E-state index in [2.05, 4.69) is 20.4 Å². The standard InChI is InChI=1S/C20H19F2N5O2/c21-13-7-16-17(8-14(13)22)25-18(9-23-16)24-11-5-6-27(10-11)20(28)19-12-3-1-2-4-15(12)26-29-19/h7-9,11H,1-6,10H2,(H,24,25)/t11-/m1/s1. The summed E-state index contributed by atoms with van der Waals surface area (Å²) in [5.74, 6) is -1.22. The van der Waals surface area contributed by atoms with Crippen molar-refractivity contribution >= 4 is 22.8 Å². The van der Waals surface area contributed by atoms with E-state index >= 15 is 0 Å². The highest BCUT2D eigenvalue weighted by Crippen LogP contribution is 2.26. The Kier molecular flexibility index (Phi) is 4.37. The van der Waals surface area contributed by atoms with Crippen LogP contribution in [-0.2, 0) is 12.8 Å².